The maximum absolute atomic E-state index is 5.69. The van der Waals surface area contributed by atoms with Crippen molar-refractivity contribution in [2.75, 3.05) is 17.2 Å². The average Bonchev–Trinajstić information content (AvgIpc) is 2.14. The molecule has 1 aromatic rings. The van der Waals surface area contributed by atoms with E-state index in [-0.39, 0.29) is 0 Å². The molecule has 0 fully saturated rings. The molecule has 0 saturated carbocycles. The molecular formula is C11H14N2S. The summed E-state index contributed by atoms with van der Waals surface area (Å²) in [6.07, 6.45) is 0.785. The van der Waals surface area contributed by atoms with Crippen LogP contribution in [0.1, 0.15) is 17.5 Å². The van der Waals surface area contributed by atoms with E-state index in [0.29, 0.717) is 11.4 Å². The lowest BCUT2D eigenvalue weighted by atomic mass is 10.1. The summed E-state index contributed by atoms with van der Waals surface area (Å²) >= 11 is 4.08. The third kappa shape index (κ3) is 2.61. The lowest BCUT2D eigenvalue weighted by molar-refractivity contribution is 1.31. The standard InChI is InChI=1S/C11H14N2S/c1-8-6-10(12)11(13)7-9(8)4-2-3-5-14/h6-7,14H,3,5,12-13H2,1H3. The predicted molar refractivity (Wildman–Crippen MR) is 65.4 cm³/mol. The first-order valence-corrected chi connectivity index (χ1v) is 5.03. The van der Waals surface area contributed by atoms with E-state index in [2.05, 4.69) is 24.5 Å². The zero-order chi connectivity index (χ0) is 10.6. The lowest BCUT2D eigenvalue weighted by Crippen LogP contribution is -1.96. The minimum absolute atomic E-state index is 0.589. The molecule has 0 aliphatic heterocycles. The van der Waals surface area contributed by atoms with Crippen molar-refractivity contribution in [1.82, 2.24) is 0 Å². The molecule has 3 heteroatoms. The molecule has 0 heterocycles. The highest BCUT2D eigenvalue weighted by atomic mass is 32.1. The molecule has 0 bridgehead atoms. The second-order valence-corrected chi connectivity index (χ2v) is 3.52. The van der Waals surface area contributed by atoms with Crippen LogP contribution in [0, 0.1) is 18.8 Å². The van der Waals surface area contributed by atoms with Crippen LogP contribution in [0.25, 0.3) is 0 Å². The number of hydrogen-bond acceptors (Lipinski definition) is 3. The quantitative estimate of drug-likeness (QED) is 0.373. The van der Waals surface area contributed by atoms with Gasteiger partial charge in [-0.15, -0.1) is 0 Å². The molecule has 0 unspecified atom stereocenters. The van der Waals surface area contributed by atoms with Gasteiger partial charge in [-0.3, -0.25) is 0 Å². The molecule has 0 aromatic heterocycles. The highest BCUT2D eigenvalue weighted by Crippen LogP contribution is 2.19. The van der Waals surface area contributed by atoms with Gasteiger partial charge in [0.1, 0.15) is 0 Å². The summed E-state index contributed by atoms with van der Waals surface area (Å²) in [5.41, 5.74) is 14.5. The van der Waals surface area contributed by atoms with E-state index in [0.717, 1.165) is 23.3 Å². The van der Waals surface area contributed by atoms with E-state index in [1.165, 1.54) is 0 Å². The SMILES string of the molecule is Cc1cc(N)c(N)cc1C#CCCS. The Balaban J connectivity index is 3.00. The molecule has 0 aliphatic carbocycles. The molecular weight excluding hydrogens is 192 g/mol. The van der Waals surface area contributed by atoms with Gasteiger partial charge in [0.25, 0.3) is 0 Å². The van der Waals surface area contributed by atoms with Crippen molar-refractivity contribution in [1.29, 1.82) is 0 Å². The first-order valence-electron chi connectivity index (χ1n) is 4.40. The number of nitrogens with two attached hydrogens (primary N) is 2. The van der Waals surface area contributed by atoms with E-state index < -0.39 is 0 Å². The molecule has 74 valence electrons. The lowest BCUT2D eigenvalue weighted by Gasteiger charge is -2.03. The number of benzene rings is 1. The Morgan fingerprint density at radius 3 is 2.57 bits per heavy atom. The number of thiol groups is 1. The zero-order valence-electron chi connectivity index (χ0n) is 8.17. The van der Waals surface area contributed by atoms with Crippen LogP contribution in [0.3, 0.4) is 0 Å². The number of hydrogen-bond donors (Lipinski definition) is 3. The Bertz CT molecular complexity index is 388. The second-order valence-electron chi connectivity index (χ2n) is 3.07. The first kappa shape index (κ1) is 10.8. The van der Waals surface area contributed by atoms with E-state index >= 15 is 0 Å². The van der Waals surface area contributed by atoms with Gasteiger partial charge in [-0.25, -0.2) is 0 Å². The monoisotopic (exact) mass is 206 g/mol. The molecule has 0 amide bonds. The number of nitrogen functional groups attached to an aromatic ring is 2. The summed E-state index contributed by atoms with van der Waals surface area (Å²) in [5.74, 6) is 6.84. The van der Waals surface area contributed by atoms with Crippen molar-refractivity contribution in [3.8, 4) is 11.8 Å². The van der Waals surface area contributed by atoms with Crippen LogP contribution in [-0.4, -0.2) is 5.75 Å². The minimum atomic E-state index is 0.589. The Labute approximate surface area is 90.1 Å². The van der Waals surface area contributed by atoms with E-state index in [4.69, 9.17) is 11.5 Å². The van der Waals surface area contributed by atoms with Crippen molar-refractivity contribution >= 4 is 24.0 Å². The van der Waals surface area contributed by atoms with Crippen LogP contribution in [0.5, 0.6) is 0 Å². The number of anilines is 2. The Morgan fingerprint density at radius 1 is 1.29 bits per heavy atom. The molecule has 2 nitrogen and oxygen atoms in total. The zero-order valence-corrected chi connectivity index (χ0v) is 9.07. The third-order valence-electron chi connectivity index (χ3n) is 1.89. The van der Waals surface area contributed by atoms with Gasteiger partial charge in [0.2, 0.25) is 0 Å². The van der Waals surface area contributed by atoms with Gasteiger partial charge in [-0.1, -0.05) is 11.8 Å². The van der Waals surface area contributed by atoms with Crippen LogP contribution in [0.2, 0.25) is 0 Å². The fourth-order valence-electron chi connectivity index (χ4n) is 1.10. The topological polar surface area (TPSA) is 52.0 Å². The van der Waals surface area contributed by atoms with Crippen molar-refractivity contribution in [2.24, 2.45) is 0 Å². The first-order chi connectivity index (χ1) is 6.65. The van der Waals surface area contributed by atoms with E-state index in [9.17, 15) is 0 Å². The van der Waals surface area contributed by atoms with Crippen LogP contribution < -0.4 is 11.5 Å². The van der Waals surface area contributed by atoms with Crippen LogP contribution in [-0.2, 0) is 0 Å². The molecule has 0 saturated heterocycles. The summed E-state index contributed by atoms with van der Waals surface area (Å²) < 4.78 is 0. The number of aryl methyl sites for hydroxylation is 1. The van der Waals surface area contributed by atoms with Crippen molar-refractivity contribution in [3.63, 3.8) is 0 Å². The predicted octanol–water partition coefficient (Wildman–Crippen LogP) is 1.83. The maximum Gasteiger partial charge on any atom is 0.0560 e. The second kappa shape index (κ2) is 4.83. The molecule has 14 heavy (non-hydrogen) atoms. The average molecular weight is 206 g/mol. The van der Waals surface area contributed by atoms with Crippen molar-refractivity contribution in [3.05, 3.63) is 23.3 Å². The van der Waals surface area contributed by atoms with Crippen molar-refractivity contribution in [2.45, 2.75) is 13.3 Å². The summed E-state index contributed by atoms with van der Waals surface area (Å²) in [6.45, 7) is 1.97. The highest BCUT2D eigenvalue weighted by molar-refractivity contribution is 7.80. The van der Waals surface area contributed by atoms with E-state index in [1.54, 1.807) is 0 Å². The van der Waals surface area contributed by atoms with Gasteiger partial charge in [-0.05, 0) is 24.6 Å². The molecule has 1 rings (SSSR count). The Kier molecular flexibility index (Phi) is 3.73. The van der Waals surface area contributed by atoms with Gasteiger partial charge in [-0.2, -0.15) is 12.6 Å². The summed E-state index contributed by atoms with van der Waals surface area (Å²) in [4.78, 5) is 0. The van der Waals surface area contributed by atoms with Gasteiger partial charge >= 0.3 is 0 Å². The summed E-state index contributed by atoms with van der Waals surface area (Å²) in [6, 6.07) is 3.66. The third-order valence-corrected chi connectivity index (χ3v) is 2.11. The maximum atomic E-state index is 5.69. The fraction of sp³-hybridized carbons (Fsp3) is 0.273. The minimum Gasteiger partial charge on any atom is -0.397 e. The summed E-state index contributed by atoms with van der Waals surface area (Å²) in [7, 11) is 0. The molecule has 0 spiro atoms. The normalized spacial score (nSPS) is 9.29. The largest absolute Gasteiger partial charge is 0.397 e. The number of rotatable bonds is 1. The molecule has 0 aliphatic rings. The summed E-state index contributed by atoms with van der Waals surface area (Å²) in [5, 5.41) is 0. The van der Waals surface area contributed by atoms with Gasteiger partial charge in [0.05, 0.1) is 11.4 Å². The molecule has 4 N–H and O–H groups in total. The molecule has 1 aromatic carbocycles. The Hall–Kier alpha value is -1.27. The van der Waals surface area contributed by atoms with Crippen molar-refractivity contribution < 1.29 is 0 Å². The van der Waals surface area contributed by atoms with Gasteiger partial charge in [0.15, 0.2) is 0 Å². The smallest absolute Gasteiger partial charge is 0.0560 e. The molecule has 0 atom stereocenters. The highest BCUT2D eigenvalue weighted by Gasteiger charge is 1.99. The Morgan fingerprint density at radius 2 is 1.93 bits per heavy atom. The van der Waals surface area contributed by atoms with Crippen LogP contribution in [0.15, 0.2) is 12.1 Å². The molecule has 0 radical (unpaired) electrons. The fourth-order valence-corrected chi connectivity index (χ4v) is 1.21. The van der Waals surface area contributed by atoms with Gasteiger partial charge in [0, 0.05) is 17.7 Å². The van der Waals surface area contributed by atoms with Crippen LogP contribution in [0.4, 0.5) is 11.4 Å². The van der Waals surface area contributed by atoms with E-state index in [1.807, 2.05) is 19.1 Å². The van der Waals surface area contributed by atoms with Crippen LogP contribution >= 0.6 is 12.6 Å². The van der Waals surface area contributed by atoms with Gasteiger partial charge < -0.3 is 11.5 Å².